The molecular formula is C8H16O4. The zero-order valence-corrected chi connectivity index (χ0v) is 7.83. The molecule has 4 nitrogen and oxygen atoms in total. The molecule has 0 saturated heterocycles. The van der Waals surface area contributed by atoms with Gasteiger partial charge in [-0.1, -0.05) is 6.08 Å². The maximum Gasteiger partial charge on any atom is 0.330 e. The lowest BCUT2D eigenvalue weighted by Crippen LogP contribution is -2.15. The van der Waals surface area contributed by atoms with Gasteiger partial charge in [-0.25, -0.2) is 4.79 Å². The van der Waals surface area contributed by atoms with Crippen LogP contribution in [0.1, 0.15) is 27.7 Å². The van der Waals surface area contributed by atoms with Crippen LogP contribution < -0.4 is 0 Å². The Bertz CT molecular complexity index is 158. The molecule has 0 saturated carbocycles. The average Bonchev–Trinajstić information content (AvgIpc) is 1.82. The molecule has 0 aliphatic heterocycles. The van der Waals surface area contributed by atoms with Gasteiger partial charge in [-0.15, -0.1) is 0 Å². The minimum atomic E-state index is -1.50. The molecule has 0 heterocycles. The summed E-state index contributed by atoms with van der Waals surface area (Å²) in [5.74, 6) is -2.34. The van der Waals surface area contributed by atoms with Gasteiger partial charge in [-0.2, -0.15) is 0 Å². The SMILES string of the molecule is CC(C)(O)O.CC=C(C)C(=O)O. The Morgan fingerprint density at radius 2 is 1.58 bits per heavy atom. The fraction of sp³-hybridized carbons (Fsp3) is 0.625. The Balaban J connectivity index is 0. The van der Waals surface area contributed by atoms with Crippen LogP contribution in [0.15, 0.2) is 11.6 Å². The lowest BCUT2D eigenvalue weighted by atomic mass is 10.3. The molecule has 0 bridgehead atoms. The molecule has 0 unspecified atom stereocenters. The highest BCUT2D eigenvalue weighted by atomic mass is 16.5. The van der Waals surface area contributed by atoms with Crippen molar-refractivity contribution in [2.24, 2.45) is 0 Å². The minimum Gasteiger partial charge on any atom is -0.478 e. The maximum absolute atomic E-state index is 9.86. The molecule has 0 spiro atoms. The summed E-state index contributed by atoms with van der Waals surface area (Å²) in [7, 11) is 0. The van der Waals surface area contributed by atoms with Crippen molar-refractivity contribution in [2.45, 2.75) is 33.5 Å². The Labute approximate surface area is 72.2 Å². The van der Waals surface area contributed by atoms with Crippen LogP contribution in [0.5, 0.6) is 0 Å². The van der Waals surface area contributed by atoms with Crippen molar-refractivity contribution in [1.82, 2.24) is 0 Å². The van der Waals surface area contributed by atoms with Crippen LogP contribution in [-0.4, -0.2) is 27.1 Å². The van der Waals surface area contributed by atoms with E-state index in [0.717, 1.165) is 0 Å². The second-order valence-electron chi connectivity index (χ2n) is 2.77. The van der Waals surface area contributed by atoms with Gasteiger partial charge in [0, 0.05) is 5.57 Å². The summed E-state index contributed by atoms with van der Waals surface area (Å²) >= 11 is 0. The third-order valence-electron chi connectivity index (χ3n) is 0.770. The molecule has 4 heteroatoms. The normalized spacial score (nSPS) is 11.7. The number of allylic oxidation sites excluding steroid dienone is 1. The van der Waals surface area contributed by atoms with Gasteiger partial charge in [0.1, 0.15) is 0 Å². The van der Waals surface area contributed by atoms with Gasteiger partial charge in [-0.05, 0) is 27.7 Å². The van der Waals surface area contributed by atoms with Crippen molar-refractivity contribution in [2.75, 3.05) is 0 Å². The van der Waals surface area contributed by atoms with Gasteiger partial charge < -0.3 is 15.3 Å². The van der Waals surface area contributed by atoms with Crippen LogP contribution >= 0.6 is 0 Å². The van der Waals surface area contributed by atoms with E-state index < -0.39 is 11.8 Å². The summed E-state index contributed by atoms with van der Waals surface area (Å²) in [4.78, 5) is 9.86. The lowest BCUT2D eigenvalue weighted by molar-refractivity contribution is -0.132. The lowest BCUT2D eigenvalue weighted by Gasteiger charge is -2.03. The zero-order chi connectivity index (χ0) is 10.4. The van der Waals surface area contributed by atoms with Gasteiger partial charge in [0.05, 0.1) is 0 Å². The van der Waals surface area contributed by atoms with Gasteiger partial charge in [-0.3, -0.25) is 0 Å². The number of hydrogen-bond acceptors (Lipinski definition) is 3. The Hall–Kier alpha value is -0.870. The highest BCUT2D eigenvalue weighted by Gasteiger charge is 2.00. The molecule has 0 aromatic heterocycles. The summed E-state index contributed by atoms with van der Waals surface area (Å²) in [5.41, 5.74) is 0.389. The molecule has 0 aliphatic carbocycles. The number of carboxylic acid groups (broad SMARTS) is 1. The first-order valence-corrected chi connectivity index (χ1v) is 3.49. The maximum atomic E-state index is 9.86. The second-order valence-corrected chi connectivity index (χ2v) is 2.77. The first kappa shape index (κ1) is 13.7. The van der Waals surface area contributed by atoms with Crippen LogP contribution in [0.25, 0.3) is 0 Å². The average molecular weight is 176 g/mol. The van der Waals surface area contributed by atoms with Crippen molar-refractivity contribution < 1.29 is 20.1 Å². The van der Waals surface area contributed by atoms with E-state index in [4.69, 9.17) is 15.3 Å². The molecule has 0 aliphatic rings. The standard InChI is InChI=1S/C5H8O2.C3H8O2/c1-3-4(2)5(6)7;1-3(2,4)5/h3H,1-2H3,(H,6,7);4-5H,1-2H3. The quantitative estimate of drug-likeness (QED) is 0.407. The Kier molecular flexibility index (Phi) is 6.55. The smallest absolute Gasteiger partial charge is 0.330 e. The van der Waals surface area contributed by atoms with E-state index in [9.17, 15) is 4.79 Å². The third kappa shape index (κ3) is 22.9. The monoisotopic (exact) mass is 176 g/mol. The molecule has 0 rings (SSSR count). The fourth-order valence-electron chi connectivity index (χ4n) is 0.123. The van der Waals surface area contributed by atoms with Crippen molar-refractivity contribution in [3.63, 3.8) is 0 Å². The predicted octanol–water partition coefficient (Wildman–Crippen LogP) is 0.744. The molecule has 0 radical (unpaired) electrons. The summed E-state index contributed by atoms with van der Waals surface area (Å²) in [6, 6.07) is 0. The summed E-state index contributed by atoms with van der Waals surface area (Å²) in [5, 5.41) is 24.3. The van der Waals surface area contributed by atoms with E-state index in [1.165, 1.54) is 13.8 Å². The molecule has 3 N–H and O–H groups in total. The highest BCUT2D eigenvalue weighted by molar-refractivity contribution is 5.85. The van der Waals surface area contributed by atoms with Crippen molar-refractivity contribution in [3.8, 4) is 0 Å². The molecule has 0 aromatic carbocycles. The van der Waals surface area contributed by atoms with Crippen LogP contribution in [0.4, 0.5) is 0 Å². The zero-order valence-electron chi connectivity index (χ0n) is 7.83. The largest absolute Gasteiger partial charge is 0.478 e. The van der Waals surface area contributed by atoms with Gasteiger partial charge >= 0.3 is 5.97 Å². The van der Waals surface area contributed by atoms with E-state index in [1.807, 2.05) is 0 Å². The second kappa shape index (κ2) is 5.74. The van der Waals surface area contributed by atoms with Crippen molar-refractivity contribution >= 4 is 5.97 Å². The van der Waals surface area contributed by atoms with Gasteiger partial charge in [0.15, 0.2) is 5.79 Å². The molecule has 0 amide bonds. The van der Waals surface area contributed by atoms with Crippen molar-refractivity contribution in [1.29, 1.82) is 0 Å². The number of carbonyl (C=O) groups is 1. The molecule has 72 valence electrons. The molecular weight excluding hydrogens is 160 g/mol. The molecule has 0 atom stereocenters. The topological polar surface area (TPSA) is 77.8 Å². The van der Waals surface area contributed by atoms with E-state index in [0.29, 0.717) is 5.57 Å². The molecule has 0 aromatic rings. The Morgan fingerprint density at radius 3 is 1.58 bits per heavy atom. The highest BCUT2D eigenvalue weighted by Crippen LogP contribution is 1.88. The first-order valence-electron chi connectivity index (χ1n) is 3.49. The van der Waals surface area contributed by atoms with Crippen LogP contribution in [-0.2, 0) is 4.79 Å². The summed E-state index contributed by atoms with van der Waals surface area (Å²) < 4.78 is 0. The number of rotatable bonds is 1. The van der Waals surface area contributed by atoms with Gasteiger partial charge in [0.2, 0.25) is 0 Å². The summed E-state index contributed by atoms with van der Waals surface area (Å²) in [6.07, 6.45) is 1.56. The predicted molar refractivity (Wildman–Crippen MR) is 45.6 cm³/mol. The summed E-state index contributed by atoms with van der Waals surface area (Å²) in [6.45, 7) is 5.85. The third-order valence-corrected chi connectivity index (χ3v) is 0.770. The van der Waals surface area contributed by atoms with E-state index >= 15 is 0 Å². The number of aliphatic hydroxyl groups is 2. The van der Waals surface area contributed by atoms with Gasteiger partial charge in [0.25, 0.3) is 0 Å². The van der Waals surface area contributed by atoms with Crippen LogP contribution in [0, 0.1) is 0 Å². The molecule has 12 heavy (non-hydrogen) atoms. The van der Waals surface area contributed by atoms with Crippen molar-refractivity contribution in [3.05, 3.63) is 11.6 Å². The molecule has 0 fully saturated rings. The minimum absolute atomic E-state index is 0.389. The Morgan fingerprint density at radius 1 is 1.33 bits per heavy atom. The van der Waals surface area contributed by atoms with E-state index in [2.05, 4.69) is 0 Å². The number of hydrogen-bond donors (Lipinski definition) is 3. The van der Waals surface area contributed by atoms with E-state index in [-0.39, 0.29) is 0 Å². The van der Waals surface area contributed by atoms with Crippen LogP contribution in [0.3, 0.4) is 0 Å². The first-order chi connectivity index (χ1) is 5.18. The number of aliphatic carboxylic acids is 1. The fourth-order valence-corrected chi connectivity index (χ4v) is 0.123. The number of carboxylic acids is 1. The van der Waals surface area contributed by atoms with E-state index in [1.54, 1.807) is 19.9 Å². The van der Waals surface area contributed by atoms with Crippen LogP contribution in [0.2, 0.25) is 0 Å².